The number of nitrogens with zero attached hydrogens (tertiary/aromatic N) is 2. The number of halogens is 2. The Hall–Kier alpha value is -0.540. The zero-order valence-electron chi connectivity index (χ0n) is 9.54. The summed E-state index contributed by atoms with van der Waals surface area (Å²) in [5, 5.41) is -0.0754. The zero-order chi connectivity index (χ0) is 11.9. The van der Waals surface area contributed by atoms with E-state index in [9.17, 15) is 0 Å². The van der Waals surface area contributed by atoms with Crippen LogP contribution in [0.1, 0.15) is 38.0 Å². The van der Waals surface area contributed by atoms with Gasteiger partial charge < -0.3 is 4.57 Å². The molecule has 1 heterocycles. The molecule has 0 radical (unpaired) electrons. The summed E-state index contributed by atoms with van der Waals surface area (Å²) < 4.78 is 3.24. The van der Waals surface area contributed by atoms with Crippen molar-refractivity contribution in [3.63, 3.8) is 0 Å². The Balaban J connectivity index is 2.75. The number of rotatable bonds is 2. The average Bonchev–Trinajstić information content (AvgIpc) is 2.55. The van der Waals surface area contributed by atoms with Gasteiger partial charge in [-0.05, 0) is 39.0 Å². The first-order chi connectivity index (χ1) is 7.50. The van der Waals surface area contributed by atoms with Crippen molar-refractivity contribution in [3.05, 3.63) is 28.5 Å². The molecule has 1 unspecified atom stereocenters. The Labute approximate surface area is 109 Å². The van der Waals surface area contributed by atoms with Crippen molar-refractivity contribution in [2.75, 3.05) is 0 Å². The largest absolute Gasteiger partial charge is 0.324 e. The highest BCUT2D eigenvalue weighted by Crippen LogP contribution is 2.29. The third-order valence-corrected chi connectivity index (χ3v) is 3.24. The van der Waals surface area contributed by atoms with Gasteiger partial charge in [-0.1, -0.05) is 15.9 Å². The summed E-state index contributed by atoms with van der Waals surface area (Å²) in [6.07, 6.45) is 0. The number of hydrogen-bond acceptors (Lipinski definition) is 1. The van der Waals surface area contributed by atoms with Crippen LogP contribution in [-0.2, 0) is 0 Å². The van der Waals surface area contributed by atoms with Crippen LogP contribution >= 0.6 is 27.5 Å². The minimum Gasteiger partial charge on any atom is -0.324 e. The maximum atomic E-state index is 6.17. The van der Waals surface area contributed by atoms with Crippen LogP contribution in [0.15, 0.2) is 22.7 Å². The van der Waals surface area contributed by atoms with Gasteiger partial charge in [0.2, 0.25) is 0 Å². The molecule has 0 amide bonds. The van der Waals surface area contributed by atoms with E-state index >= 15 is 0 Å². The van der Waals surface area contributed by atoms with Crippen LogP contribution in [0.2, 0.25) is 0 Å². The summed E-state index contributed by atoms with van der Waals surface area (Å²) in [5.74, 6) is 0.935. The van der Waals surface area contributed by atoms with E-state index in [0.29, 0.717) is 6.04 Å². The first kappa shape index (κ1) is 11.9. The van der Waals surface area contributed by atoms with Gasteiger partial charge in [0.05, 0.1) is 16.4 Å². The maximum absolute atomic E-state index is 6.17. The summed E-state index contributed by atoms with van der Waals surface area (Å²) in [6.45, 7) is 6.24. The lowest BCUT2D eigenvalue weighted by Gasteiger charge is -2.13. The first-order valence-corrected chi connectivity index (χ1v) is 6.55. The smallest absolute Gasteiger partial charge is 0.127 e. The molecule has 4 heteroatoms. The lowest BCUT2D eigenvalue weighted by atomic mass is 10.3. The molecular weight excluding hydrogens is 288 g/mol. The highest BCUT2D eigenvalue weighted by atomic mass is 79.9. The molecule has 2 aromatic rings. The van der Waals surface area contributed by atoms with E-state index in [-0.39, 0.29) is 5.38 Å². The average molecular weight is 302 g/mol. The molecule has 2 nitrogen and oxygen atoms in total. The van der Waals surface area contributed by atoms with Gasteiger partial charge in [0, 0.05) is 10.5 Å². The molecule has 0 aliphatic carbocycles. The fourth-order valence-electron chi connectivity index (χ4n) is 1.91. The molecule has 0 N–H and O–H groups in total. The van der Waals surface area contributed by atoms with Crippen LogP contribution in [0.25, 0.3) is 11.0 Å². The molecule has 0 aliphatic rings. The van der Waals surface area contributed by atoms with Crippen LogP contribution in [0, 0.1) is 0 Å². The number of hydrogen-bond donors (Lipinski definition) is 0. The summed E-state index contributed by atoms with van der Waals surface area (Å²) in [7, 11) is 0. The third kappa shape index (κ3) is 1.98. The van der Waals surface area contributed by atoms with E-state index in [1.165, 1.54) is 0 Å². The monoisotopic (exact) mass is 300 g/mol. The van der Waals surface area contributed by atoms with Gasteiger partial charge in [0.15, 0.2) is 0 Å². The molecule has 0 fully saturated rings. The Morgan fingerprint density at radius 2 is 2.00 bits per heavy atom. The maximum Gasteiger partial charge on any atom is 0.127 e. The van der Waals surface area contributed by atoms with E-state index in [0.717, 1.165) is 21.3 Å². The number of alkyl halides is 1. The molecule has 1 aromatic heterocycles. The van der Waals surface area contributed by atoms with Gasteiger partial charge in [0.1, 0.15) is 5.82 Å². The quantitative estimate of drug-likeness (QED) is 0.736. The lowest BCUT2D eigenvalue weighted by molar-refractivity contribution is 0.584. The van der Waals surface area contributed by atoms with Crippen molar-refractivity contribution in [3.8, 4) is 0 Å². The van der Waals surface area contributed by atoms with Crippen LogP contribution in [0.3, 0.4) is 0 Å². The fraction of sp³-hybridized carbons (Fsp3) is 0.417. The van der Waals surface area contributed by atoms with E-state index in [1.807, 2.05) is 19.1 Å². The van der Waals surface area contributed by atoms with E-state index < -0.39 is 0 Å². The second-order valence-corrected chi connectivity index (χ2v) is 5.75. The second-order valence-electron chi connectivity index (χ2n) is 4.18. The van der Waals surface area contributed by atoms with Gasteiger partial charge in [-0.3, -0.25) is 0 Å². The molecule has 0 spiro atoms. The number of imidazole rings is 1. The van der Waals surface area contributed by atoms with Gasteiger partial charge >= 0.3 is 0 Å². The molecule has 1 aromatic carbocycles. The second kappa shape index (κ2) is 4.38. The van der Waals surface area contributed by atoms with Crippen LogP contribution in [-0.4, -0.2) is 9.55 Å². The molecule has 0 aliphatic heterocycles. The van der Waals surface area contributed by atoms with Crippen molar-refractivity contribution in [2.45, 2.75) is 32.2 Å². The fourth-order valence-corrected chi connectivity index (χ4v) is 2.42. The highest BCUT2D eigenvalue weighted by Gasteiger charge is 2.16. The first-order valence-electron chi connectivity index (χ1n) is 5.32. The molecule has 0 saturated heterocycles. The molecule has 86 valence electrons. The number of benzene rings is 1. The van der Waals surface area contributed by atoms with Crippen LogP contribution in [0.4, 0.5) is 0 Å². The predicted molar refractivity (Wildman–Crippen MR) is 72.1 cm³/mol. The molecule has 1 atom stereocenters. The summed E-state index contributed by atoms with van der Waals surface area (Å²) in [6, 6.07) is 6.50. The van der Waals surface area contributed by atoms with E-state index in [4.69, 9.17) is 11.6 Å². The Kier molecular flexibility index (Phi) is 3.27. The van der Waals surface area contributed by atoms with E-state index in [1.54, 1.807) is 0 Å². The summed E-state index contributed by atoms with van der Waals surface area (Å²) in [4.78, 5) is 4.60. The lowest BCUT2D eigenvalue weighted by Crippen LogP contribution is -2.06. The van der Waals surface area contributed by atoms with Crippen molar-refractivity contribution in [2.24, 2.45) is 0 Å². The Morgan fingerprint density at radius 3 is 2.56 bits per heavy atom. The van der Waals surface area contributed by atoms with Crippen LogP contribution in [0.5, 0.6) is 0 Å². The van der Waals surface area contributed by atoms with Crippen LogP contribution < -0.4 is 0 Å². The molecule has 16 heavy (non-hydrogen) atoms. The van der Waals surface area contributed by atoms with Crippen molar-refractivity contribution in [1.29, 1.82) is 0 Å². The van der Waals surface area contributed by atoms with Gasteiger partial charge in [-0.25, -0.2) is 4.98 Å². The standard InChI is InChI=1S/C12H14BrClN2/c1-7(2)16-11-5-4-9(13)6-10(11)15-12(16)8(3)14/h4-8H,1-3H3. The van der Waals surface area contributed by atoms with Gasteiger partial charge in [-0.15, -0.1) is 11.6 Å². The highest BCUT2D eigenvalue weighted by molar-refractivity contribution is 9.10. The minimum atomic E-state index is -0.0754. The van der Waals surface area contributed by atoms with Crippen molar-refractivity contribution in [1.82, 2.24) is 9.55 Å². The molecule has 0 bridgehead atoms. The SMILES string of the molecule is CC(Cl)c1nc2cc(Br)ccc2n1C(C)C. The van der Waals surface area contributed by atoms with Crippen molar-refractivity contribution < 1.29 is 0 Å². The molecular formula is C12H14BrClN2. The van der Waals surface area contributed by atoms with Gasteiger partial charge in [-0.2, -0.15) is 0 Å². The Morgan fingerprint density at radius 1 is 1.31 bits per heavy atom. The summed E-state index contributed by atoms with van der Waals surface area (Å²) >= 11 is 9.63. The summed E-state index contributed by atoms with van der Waals surface area (Å²) in [5.41, 5.74) is 2.13. The molecule has 2 rings (SSSR count). The minimum absolute atomic E-state index is 0.0754. The number of aromatic nitrogens is 2. The topological polar surface area (TPSA) is 17.8 Å². The van der Waals surface area contributed by atoms with Gasteiger partial charge in [0.25, 0.3) is 0 Å². The van der Waals surface area contributed by atoms with Crippen molar-refractivity contribution >= 4 is 38.6 Å². The Bertz CT molecular complexity index is 517. The van der Waals surface area contributed by atoms with E-state index in [2.05, 4.69) is 45.4 Å². The predicted octanol–water partition coefficient (Wildman–Crippen LogP) is 4.68. The number of fused-ring (bicyclic) bond motifs is 1. The normalized spacial score (nSPS) is 13.6. The molecule has 0 saturated carbocycles. The third-order valence-electron chi connectivity index (χ3n) is 2.55. The zero-order valence-corrected chi connectivity index (χ0v) is 11.9.